The zero-order chi connectivity index (χ0) is 14.3. The molecular weight excluding hydrogens is 250 g/mol. The molecule has 19 heavy (non-hydrogen) atoms. The molecule has 7 heteroatoms. The SMILES string of the molecule is N/C(=N/N=C/[C@@H](O)[C@H](O)[C@H](O)CO)c1ccccc1. The highest BCUT2D eigenvalue weighted by atomic mass is 16.4. The lowest BCUT2D eigenvalue weighted by Gasteiger charge is -2.17. The fourth-order valence-corrected chi connectivity index (χ4v) is 1.25. The largest absolute Gasteiger partial charge is 0.394 e. The van der Waals surface area contributed by atoms with E-state index in [9.17, 15) is 10.2 Å². The fourth-order valence-electron chi connectivity index (χ4n) is 1.25. The van der Waals surface area contributed by atoms with Crippen molar-refractivity contribution in [3.05, 3.63) is 35.9 Å². The molecule has 0 heterocycles. The van der Waals surface area contributed by atoms with E-state index in [1.807, 2.05) is 6.07 Å². The minimum atomic E-state index is -1.54. The molecule has 0 aliphatic heterocycles. The summed E-state index contributed by atoms with van der Waals surface area (Å²) in [5.41, 5.74) is 6.32. The van der Waals surface area contributed by atoms with E-state index in [1.165, 1.54) is 0 Å². The topological polar surface area (TPSA) is 132 Å². The summed E-state index contributed by atoms with van der Waals surface area (Å²) in [5, 5.41) is 43.6. The number of hydrogen-bond donors (Lipinski definition) is 5. The van der Waals surface area contributed by atoms with Gasteiger partial charge in [-0.05, 0) is 0 Å². The Hall–Kier alpha value is -1.80. The van der Waals surface area contributed by atoms with Gasteiger partial charge in [0.15, 0.2) is 5.84 Å². The van der Waals surface area contributed by atoms with Crippen molar-refractivity contribution in [2.45, 2.75) is 18.3 Å². The molecule has 0 aliphatic rings. The molecule has 1 aromatic carbocycles. The lowest BCUT2D eigenvalue weighted by Crippen LogP contribution is -2.40. The third kappa shape index (κ3) is 4.76. The Kier molecular flexibility index (Phi) is 6.10. The van der Waals surface area contributed by atoms with Gasteiger partial charge in [0.25, 0.3) is 0 Å². The van der Waals surface area contributed by atoms with E-state index >= 15 is 0 Å². The molecular formula is C12H17N3O4. The molecule has 0 aliphatic carbocycles. The van der Waals surface area contributed by atoms with Crippen LogP contribution in [0.25, 0.3) is 0 Å². The Morgan fingerprint density at radius 1 is 1.21 bits per heavy atom. The van der Waals surface area contributed by atoms with Crippen LogP contribution in [0.2, 0.25) is 0 Å². The first-order valence-electron chi connectivity index (χ1n) is 5.63. The van der Waals surface area contributed by atoms with Crippen LogP contribution in [0.4, 0.5) is 0 Å². The Morgan fingerprint density at radius 2 is 1.84 bits per heavy atom. The Morgan fingerprint density at radius 3 is 2.42 bits per heavy atom. The van der Waals surface area contributed by atoms with Gasteiger partial charge in [0.05, 0.1) is 12.8 Å². The van der Waals surface area contributed by atoms with Crippen LogP contribution in [0, 0.1) is 0 Å². The molecule has 104 valence electrons. The first-order valence-corrected chi connectivity index (χ1v) is 5.63. The molecule has 6 N–H and O–H groups in total. The molecule has 0 radical (unpaired) electrons. The van der Waals surface area contributed by atoms with Crippen LogP contribution in [-0.4, -0.2) is 57.4 Å². The lowest BCUT2D eigenvalue weighted by atomic mass is 10.1. The van der Waals surface area contributed by atoms with E-state index in [0.717, 1.165) is 6.21 Å². The van der Waals surface area contributed by atoms with E-state index in [-0.39, 0.29) is 5.84 Å². The molecule has 0 fully saturated rings. The molecule has 3 atom stereocenters. The number of aliphatic hydroxyl groups is 4. The fraction of sp³-hybridized carbons (Fsp3) is 0.333. The number of amidine groups is 1. The summed E-state index contributed by atoms with van der Waals surface area (Å²) in [6.45, 7) is -0.665. The van der Waals surface area contributed by atoms with Crippen LogP contribution in [0.1, 0.15) is 5.56 Å². The molecule has 0 bridgehead atoms. The Balaban J connectivity index is 2.62. The molecule has 0 unspecified atom stereocenters. The van der Waals surface area contributed by atoms with Gasteiger partial charge < -0.3 is 26.2 Å². The number of rotatable bonds is 6. The molecule has 0 saturated heterocycles. The summed E-state index contributed by atoms with van der Waals surface area (Å²) < 4.78 is 0. The second-order valence-corrected chi connectivity index (χ2v) is 3.85. The Labute approximate surface area is 110 Å². The summed E-state index contributed by atoms with van der Waals surface area (Å²) >= 11 is 0. The summed E-state index contributed by atoms with van der Waals surface area (Å²) in [5.74, 6) is 0.154. The highest BCUT2D eigenvalue weighted by molar-refractivity contribution is 5.97. The number of nitrogens with two attached hydrogens (primary N) is 1. The highest BCUT2D eigenvalue weighted by Crippen LogP contribution is 2.00. The Bertz CT molecular complexity index is 436. The van der Waals surface area contributed by atoms with Gasteiger partial charge >= 0.3 is 0 Å². The summed E-state index contributed by atoms with van der Waals surface area (Å²) in [7, 11) is 0. The second-order valence-electron chi connectivity index (χ2n) is 3.85. The molecule has 0 aromatic heterocycles. The maximum atomic E-state index is 9.42. The van der Waals surface area contributed by atoms with E-state index < -0.39 is 24.9 Å². The first-order chi connectivity index (χ1) is 9.06. The minimum absolute atomic E-state index is 0.154. The maximum Gasteiger partial charge on any atom is 0.153 e. The highest BCUT2D eigenvalue weighted by Gasteiger charge is 2.22. The smallest absolute Gasteiger partial charge is 0.153 e. The van der Waals surface area contributed by atoms with Crippen LogP contribution in [-0.2, 0) is 0 Å². The van der Waals surface area contributed by atoms with Gasteiger partial charge in [0.1, 0.15) is 18.3 Å². The monoisotopic (exact) mass is 267 g/mol. The molecule has 1 rings (SSSR count). The van der Waals surface area contributed by atoms with E-state index in [0.29, 0.717) is 5.56 Å². The van der Waals surface area contributed by atoms with Gasteiger partial charge in [-0.2, -0.15) is 5.10 Å². The van der Waals surface area contributed by atoms with Crippen molar-refractivity contribution >= 4 is 12.1 Å². The molecule has 1 aromatic rings. The van der Waals surface area contributed by atoms with Crippen molar-refractivity contribution in [2.24, 2.45) is 15.9 Å². The normalized spacial score (nSPS) is 17.4. The van der Waals surface area contributed by atoms with Gasteiger partial charge in [-0.25, -0.2) is 0 Å². The summed E-state index contributed by atoms with van der Waals surface area (Å²) in [6.07, 6.45) is -3.51. The van der Waals surface area contributed by atoms with E-state index in [4.69, 9.17) is 15.9 Å². The average Bonchev–Trinajstić information content (AvgIpc) is 2.46. The summed E-state index contributed by atoms with van der Waals surface area (Å²) in [6, 6.07) is 8.90. The number of aliphatic hydroxyl groups excluding tert-OH is 4. The van der Waals surface area contributed by atoms with Gasteiger partial charge in [0.2, 0.25) is 0 Å². The summed E-state index contributed by atoms with van der Waals surface area (Å²) in [4.78, 5) is 0. The van der Waals surface area contributed by atoms with Crippen molar-refractivity contribution in [1.29, 1.82) is 0 Å². The van der Waals surface area contributed by atoms with Crippen LogP contribution < -0.4 is 5.73 Å². The third-order valence-electron chi connectivity index (χ3n) is 2.39. The van der Waals surface area contributed by atoms with Crippen LogP contribution in [0.5, 0.6) is 0 Å². The van der Waals surface area contributed by atoms with E-state index in [2.05, 4.69) is 10.2 Å². The van der Waals surface area contributed by atoms with E-state index in [1.54, 1.807) is 24.3 Å². The van der Waals surface area contributed by atoms with Crippen molar-refractivity contribution in [1.82, 2.24) is 0 Å². The van der Waals surface area contributed by atoms with Crippen molar-refractivity contribution < 1.29 is 20.4 Å². The second kappa shape index (κ2) is 7.59. The standard InChI is InChI=1S/C12H17N3O4/c13-12(8-4-2-1-3-5-8)15-14-6-9(17)11(19)10(18)7-16/h1-6,9-11,16-19H,7H2,(H2,13,15)/b14-6+/t9-,10-,11+/m1/s1. The number of benzene rings is 1. The molecule has 0 spiro atoms. The van der Waals surface area contributed by atoms with Crippen molar-refractivity contribution in [3.63, 3.8) is 0 Å². The predicted octanol–water partition coefficient (Wildman–Crippen LogP) is -1.55. The van der Waals surface area contributed by atoms with Gasteiger partial charge in [-0.15, -0.1) is 5.10 Å². The minimum Gasteiger partial charge on any atom is -0.394 e. The lowest BCUT2D eigenvalue weighted by molar-refractivity contribution is -0.0541. The number of hydrogen-bond acceptors (Lipinski definition) is 6. The molecule has 0 amide bonds. The number of nitrogens with zero attached hydrogens (tertiary/aromatic N) is 2. The van der Waals surface area contributed by atoms with Gasteiger partial charge in [-0.3, -0.25) is 0 Å². The zero-order valence-electron chi connectivity index (χ0n) is 10.2. The van der Waals surface area contributed by atoms with Crippen LogP contribution in [0.15, 0.2) is 40.5 Å². The van der Waals surface area contributed by atoms with Crippen LogP contribution >= 0.6 is 0 Å². The molecule has 7 nitrogen and oxygen atoms in total. The van der Waals surface area contributed by atoms with Crippen molar-refractivity contribution in [3.8, 4) is 0 Å². The third-order valence-corrected chi connectivity index (χ3v) is 2.39. The zero-order valence-corrected chi connectivity index (χ0v) is 10.2. The van der Waals surface area contributed by atoms with Gasteiger partial charge in [-0.1, -0.05) is 30.3 Å². The van der Waals surface area contributed by atoms with Crippen LogP contribution in [0.3, 0.4) is 0 Å². The molecule has 0 saturated carbocycles. The average molecular weight is 267 g/mol. The van der Waals surface area contributed by atoms with Crippen molar-refractivity contribution in [2.75, 3.05) is 6.61 Å². The quantitative estimate of drug-likeness (QED) is 0.242. The maximum absolute atomic E-state index is 9.42. The predicted molar refractivity (Wildman–Crippen MR) is 70.8 cm³/mol. The van der Waals surface area contributed by atoms with Gasteiger partial charge in [0, 0.05) is 5.56 Å². The first kappa shape index (κ1) is 15.3.